The summed E-state index contributed by atoms with van der Waals surface area (Å²) in [6.45, 7) is 2.31. The van der Waals surface area contributed by atoms with Gasteiger partial charge in [-0.2, -0.15) is 0 Å². The summed E-state index contributed by atoms with van der Waals surface area (Å²) in [6.07, 6.45) is 3.30. The first-order valence-corrected chi connectivity index (χ1v) is 9.15. The monoisotopic (exact) mass is 336 g/mol. The number of benzene rings is 1. The topological polar surface area (TPSA) is 79.6 Å². The number of carbonyl (C=O) groups excluding carboxylic acids is 1. The second-order valence-electron chi connectivity index (χ2n) is 5.05. The second kappa shape index (κ2) is 7.32. The van der Waals surface area contributed by atoms with Crippen LogP contribution < -0.4 is 9.62 Å². The molecule has 0 fully saturated rings. The number of rotatable bonds is 7. The maximum Gasteiger partial charge on any atom is 0.287 e. The number of sulfonamides is 1. The van der Waals surface area contributed by atoms with Crippen molar-refractivity contribution in [1.82, 2.24) is 5.32 Å². The Morgan fingerprint density at radius 1 is 1.22 bits per heavy atom. The molecule has 2 aromatic rings. The van der Waals surface area contributed by atoms with Gasteiger partial charge in [0, 0.05) is 6.54 Å². The lowest BCUT2D eigenvalue weighted by Gasteiger charge is -2.24. The molecule has 124 valence electrons. The third kappa shape index (κ3) is 4.35. The molecule has 0 aliphatic carbocycles. The van der Waals surface area contributed by atoms with E-state index in [0.717, 1.165) is 18.2 Å². The van der Waals surface area contributed by atoms with E-state index in [1.807, 2.05) is 19.1 Å². The summed E-state index contributed by atoms with van der Waals surface area (Å²) in [5.41, 5.74) is 1.58. The number of amides is 1. The van der Waals surface area contributed by atoms with E-state index in [2.05, 4.69) is 5.32 Å². The van der Waals surface area contributed by atoms with Gasteiger partial charge in [-0.05, 0) is 30.2 Å². The van der Waals surface area contributed by atoms with E-state index in [1.54, 1.807) is 24.3 Å². The summed E-state index contributed by atoms with van der Waals surface area (Å²) in [4.78, 5) is 11.8. The van der Waals surface area contributed by atoms with Crippen molar-refractivity contribution in [2.24, 2.45) is 0 Å². The number of hydrogen-bond donors (Lipinski definition) is 1. The molecule has 23 heavy (non-hydrogen) atoms. The number of para-hydroxylation sites is 1. The van der Waals surface area contributed by atoms with Crippen LogP contribution in [0.3, 0.4) is 0 Å². The second-order valence-corrected chi connectivity index (χ2v) is 6.96. The standard InChI is InChI=1S/C16H20N2O4S/c1-3-13-7-4-5-8-14(13)18(23(2,20)21)11-10-17-16(19)15-9-6-12-22-15/h4-9,12H,3,10-11H2,1-2H3,(H,17,19). The van der Waals surface area contributed by atoms with Crippen molar-refractivity contribution in [3.05, 3.63) is 54.0 Å². The number of carbonyl (C=O) groups is 1. The minimum atomic E-state index is -3.44. The molecule has 0 unspecified atom stereocenters. The Morgan fingerprint density at radius 3 is 2.57 bits per heavy atom. The van der Waals surface area contributed by atoms with Crippen molar-refractivity contribution in [3.8, 4) is 0 Å². The fraction of sp³-hybridized carbons (Fsp3) is 0.312. The first-order valence-electron chi connectivity index (χ1n) is 7.30. The molecule has 0 saturated heterocycles. The van der Waals surface area contributed by atoms with Gasteiger partial charge in [0.1, 0.15) is 0 Å². The summed E-state index contributed by atoms with van der Waals surface area (Å²) in [5.74, 6) is -0.169. The third-order valence-electron chi connectivity index (χ3n) is 3.39. The quantitative estimate of drug-likeness (QED) is 0.839. The summed E-state index contributed by atoms with van der Waals surface area (Å²) in [5, 5.41) is 2.66. The van der Waals surface area contributed by atoms with Gasteiger partial charge in [-0.3, -0.25) is 9.10 Å². The molecule has 0 aliphatic rings. The van der Waals surface area contributed by atoms with Crippen LogP contribution in [0.1, 0.15) is 23.0 Å². The van der Waals surface area contributed by atoms with Crippen molar-refractivity contribution in [1.29, 1.82) is 0 Å². The minimum absolute atomic E-state index is 0.155. The molecule has 0 radical (unpaired) electrons. The highest BCUT2D eigenvalue weighted by Gasteiger charge is 2.20. The van der Waals surface area contributed by atoms with Gasteiger partial charge in [0.15, 0.2) is 5.76 Å². The lowest BCUT2D eigenvalue weighted by atomic mass is 10.1. The Morgan fingerprint density at radius 2 is 1.96 bits per heavy atom. The molecule has 2 rings (SSSR count). The van der Waals surface area contributed by atoms with Gasteiger partial charge in [0.05, 0.1) is 24.8 Å². The molecule has 1 aromatic heterocycles. The number of nitrogens with zero attached hydrogens (tertiary/aromatic N) is 1. The zero-order chi connectivity index (χ0) is 16.9. The summed E-state index contributed by atoms with van der Waals surface area (Å²) >= 11 is 0. The van der Waals surface area contributed by atoms with Crippen LogP contribution in [-0.4, -0.2) is 33.7 Å². The van der Waals surface area contributed by atoms with E-state index < -0.39 is 10.0 Å². The van der Waals surface area contributed by atoms with E-state index >= 15 is 0 Å². The van der Waals surface area contributed by atoms with Gasteiger partial charge in [0.25, 0.3) is 5.91 Å². The molecule has 1 amide bonds. The summed E-state index contributed by atoms with van der Waals surface area (Å²) < 4.78 is 30.5. The first kappa shape index (κ1) is 17.1. The van der Waals surface area contributed by atoms with E-state index in [1.165, 1.54) is 10.6 Å². The van der Waals surface area contributed by atoms with Gasteiger partial charge >= 0.3 is 0 Å². The van der Waals surface area contributed by atoms with Crippen LogP contribution in [0, 0.1) is 0 Å². The average Bonchev–Trinajstić information content (AvgIpc) is 3.04. The van der Waals surface area contributed by atoms with Crippen molar-refractivity contribution in [2.75, 3.05) is 23.7 Å². The largest absolute Gasteiger partial charge is 0.459 e. The van der Waals surface area contributed by atoms with Gasteiger partial charge in [-0.1, -0.05) is 25.1 Å². The van der Waals surface area contributed by atoms with Crippen molar-refractivity contribution in [3.63, 3.8) is 0 Å². The fourth-order valence-corrected chi connectivity index (χ4v) is 3.24. The average molecular weight is 336 g/mol. The normalized spacial score (nSPS) is 11.2. The van der Waals surface area contributed by atoms with Crippen LogP contribution in [-0.2, 0) is 16.4 Å². The van der Waals surface area contributed by atoms with E-state index in [0.29, 0.717) is 5.69 Å². The number of anilines is 1. The lowest BCUT2D eigenvalue weighted by molar-refractivity contribution is 0.0927. The van der Waals surface area contributed by atoms with Gasteiger partial charge in [0.2, 0.25) is 10.0 Å². The predicted octanol–water partition coefficient (Wildman–Crippen LogP) is 2.04. The Labute approximate surface area is 136 Å². The van der Waals surface area contributed by atoms with Crippen LogP contribution in [0.5, 0.6) is 0 Å². The molecule has 1 aromatic carbocycles. The van der Waals surface area contributed by atoms with Crippen LogP contribution in [0.25, 0.3) is 0 Å². The molecule has 0 aliphatic heterocycles. The summed E-state index contributed by atoms with van der Waals surface area (Å²) in [6, 6.07) is 10.5. The molecular weight excluding hydrogens is 316 g/mol. The molecule has 0 atom stereocenters. The van der Waals surface area contributed by atoms with E-state index in [9.17, 15) is 13.2 Å². The molecule has 7 heteroatoms. The Hall–Kier alpha value is -2.28. The van der Waals surface area contributed by atoms with Gasteiger partial charge in [-0.25, -0.2) is 8.42 Å². The SMILES string of the molecule is CCc1ccccc1N(CCNC(=O)c1ccco1)S(C)(=O)=O. The van der Waals surface area contributed by atoms with Crippen molar-refractivity contribution in [2.45, 2.75) is 13.3 Å². The number of hydrogen-bond acceptors (Lipinski definition) is 4. The van der Waals surface area contributed by atoms with Crippen LogP contribution in [0.4, 0.5) is 5.69 Å². The highest BCUT2D eigenvalue weighted by molar-refractivity contribution is 7.92. The van der Waals surface area contributed by atoms with Crippen LogP contribution >= 0.6 is 0 Å². The third-order valence-corrected chi connectivity index (χ3v) is 4.57. The number of nitrogens with one attached hydrogen (secondary N) is 1. The van der Waals surface area contributed by atoms with Crippen molar-refractivity contribution < 1.29 is 17.6 Å². The Kier molecular flexibility index (Phi) is 5.44. The molecule has 0 saturated carbocycles. The highest BCUT2D eigenvalue weighted by Crippen LogP contribution is 2.22. The predicted molar refractivity (Wildman–Crippen MR) is 89.1 cm³/mol. The van der Waals surface area contributed by atoms with E-state index in [-0.39, 0.29) is 24.8 Å². The minimum Gasteiger partial charge on any atom is -0.459 e. The number of aryl methyl sites for hydroxylation is 1. The molecular formula is C16H20N2O4S. The smallest absolute Gasteiger partial charge is 0.287 e. The van der Waals surface area contributed by atoms with Gasteiger partial charge < -0.3 is 9.73 Å². The maximum absolute atomic E-state index is 12.1. The lowest BCUT2D eigenvalue weighted by Crippen LogP contribution is -2.38. The van der Waals surface area contributed by atoms with Crippen LogP contribution in [0.2, 0.25) is 0 Å². The molecule has 1 heterocycles. The zero-order valence-corrected chi connectivity index (χ0v) is 14.0. The first-order chi connectivity index (χ1) is 10.9. The van der Waals surface area contributed by atoms with E-state index in [4.69, 9.17) is 4.42 Å². The summed E-state index contributed by atoms with van der Waals surface area (Å²) in [7, 11) is -3.44. The number of furan rings is 1. The molecule has 1 N–H and O–H groups in total. The zero-order valence-electron chi connectivity index (χ0n) is 13.2. The van der Waals surface area contributed by atoms with Crippen LogP contribution in [0.15, 0.2) is 47.1 Å². The van der Waals surface area contributed by atoms with Gasteiger partial charge in [-0.15, -0.1) is 0 Å². The Bertz CT molecular complexity index is 754. The fourth-order valence-electron chi connectivity index (χ4n) is 2.28. The highest BCUT2D eigenvalue weighted by atomic mass is 32.2. The maximum atomic E-state index is 12.1. The molecule has 6 nitrogen and oxygen atoms in total. The van der Waals surface area contributed by atoms with Crippen molar-refractivity contribution >= 4 is 21.6 Å². The Balaban J connectivity index is 2.10. The molecule has 0 spiro atoms. The molecule has 0 bridgehead atoms.